The number of carbonyl (C=O) groups is 2. The molecule has 0 unspecified atom stereocenters. The van der Waals surface area contributed by atoms with Crippen LogP contribution in [0.2, 0.25) is 0 Å². The maximum absolute atomic E-state index is 13.3. The lowest BCUT2D eigenvalue weighted by atomic mass is 9.97. The number of nitrogens with two attached hydrogens (primary N) is 1. The van der Waals surface area contributed by atoms with Crippen LogP contribution in [-0.4, -0.2) is 30.4 Å². The number of rotatable bonds is 8. The van der Waals surface area contributed by atoms with E-state index < -0.39 is 0 Å². The average Bonchev–Trinajstić information content (AvgIpc) is 3.12. The van der Waals surface area contributed by atoms with E-state index in [4.69, 9.17) is 0 Å². The fourth-order valence-corrected chi connectivity index (χ4v) is 3.13. The van der Waals surface area contributed by atoms with Crippen LogP contribution < -0.4 is 5.32 Å². The van der Waals surface area contributed by atoms with Crippen molar-refractivity contribution in [3.63, 3.8) is 0 Å². The van der Waals surface area contributed by atoms with Gasteiger partial charge in [-0.1, -0.05) is 48.5 Å². The summed E-state index contributed by atoms with van der Waals surface area (Å²) in [7, 11) is 1.39. The van der Waals surface area contributed by atoms with E-state index in [2.05, 4.69) is 9.72 Å². The molecule has 1 heterocycles. The molecule has 5 nitrogen and oxygen atoms in total. The zero-order valence-electron chi connectivity index (χ0n) is 14.8. The lowest BCUT2D eigenvalue weighted by Gasteiger charge is -2.15. The van der Waals surface area contributed by atoms with E-state index >= 15 is 0 Å². The zero-order valence-corrected chi connectivity index (χ0v) is 14.8. The highest BCUT2D eigenvalue weighted by molar-refractivity contribution is 6.09. The minimum absolute atomic E-state index is 0.0618. The molecule has 0 amide bonds. The number of esters is 1. The van der Waals surface area contributed by atoms with Crippen molar-refractivity contribution in [2.24, 2.45) is 0 Å². The molecule has 26 heavy (non-hydrogen) atoms. The Hall–Kier alpha value is -2.92. The molecule has 3 N–H and O–H groups in total. The van der Waals surface area contributed by atoms with Gasteiger partial charge in [-0.05, 0) is 6.07 Å². The summed E-state index contributed by atoms with van der Waals surface area (Å²) in [5.41, 5.74) is 2.60. The third kappa shape index (κ3) is 4.00. The third-order valence-corrected chi connectivity index (χ3v) is 4.51. The van der Waals surface area contributed by atoms with E-state index in [1.54, 1.807) is 6.20 Å². The van der Waals surface area contributed by atoms with Crippen molar-refractivity contribution < 1.29 is 19.6 Å². The van der Waals surface area contributed by atoms with Crippen molar-refractivity contribution in [3.05, 3.63) is 71.9 Å². The molecule has 0 aliphatic heterocycles. The molecule has 2 aromatic carbocycles. The number of hydrogen-bond donors (Lipinski definition) is 2. The van der Waals surface area contributed by atoms with Gasteiger partial charge in [0.2, 0.25) is 5.78 Å². The standard InChI is InChI=1S/C21H22N2O3/c1-26-19(24)12-7-13-22-20(15-8-3-2-4-9-15)21(25)17-14-23-18-11-6-5-10-16(17)18/h2-6,8-11,14,20,22-23H,7,12-13H2,1H3/p+1/t20-/m0/s1. The Morgan fingerprint density at radius 1 is 1.08 bits per heavy atom. The molecular weight excluding hydrogens is 328 g/mol. The van der Waals surface area contributed by atoms with Crippen molar-refractivity contribution in [1.82, 2.24) is 4.98 Å². The predicted molar refractivity (Wildman–Crippen MR) is 99.9 cm³/mol. The summed E-state index contributed by atoms with van der Waals surface area (Å²) in [5, 5.41) is 2.93. The molecule has 0 bridgehead atoms. The number of methoxy groups -OCH3 is 1. The third-order valence-electron chi connectivity index (χ3n) is 4.51. The van der Waals surface area contributed by atoms with Gasteiger partial charge in [0.1, 0.15) is 0 Å². The van der Waals surface area contributed by atoms with Gasteiger partial charge in [0.05, 0.1) is 20.1 Å². The molecule has 0 saturated heterocycles. The van der Waals surface area contributed by atoms with E-state index in [1.807, 2.05) is 59.9 Å². The molecule has 5 heteroatoms. The average molecular weight is 351 g/mol. The smallest absolute Gasteiger partial charge is 0.305 e. The largest absolute Gasteiger partial charge is 0.469 e. The van der Waals surface area contributed by atoms with Crippen LogP contribution in [0.3, 0.4) is 0 Å². The fraction of sp³-hybridized carbons (Fsp3) is 0.238. The Balaban J connectivity index is 1.81. The number of carbonyl (C=O) groups excluding carboxylic acids is 2. The van der Waals surface area contributed by atoms with Crippen molar-refractivity contribution in [1.29, 1.82) is 0 Å². The highest BCUT2D eigenvalue weighted by Crippen LogP contribution is 2.22. The summed E-state index contributed by atoms with van der Waals surface area (Å²) in [6.07, 6.45) is 2.80. The maximum Gasteiger partial charge on any atom is 0.305 e. The number of quaternary nitrogens is 1. The molecule has 0 aliphatic rings. The summed E-state index contributed by atoms with van der Waals surface area (Å²) in [6, 6.07) is 17.2. The van der Waals surface area contributed by atoms with Gasteiger partial charge in [0.25, 0.3) is 0 Å². The predicted octanol–water partition coefficient (Wildman–Crippen LogP) is 2.61. The van der Waals surface area contributed by atoms with Gasteiger partial charge in [0.15, 0.2) is 6.04 Å². The number of aromatic amines is 1. The second-order valence-electron chi connectivity index (χ2n) is 6.20. The minimum atomic E-state index is -0.340. The van der Waals surface area contributed by atoms with Crippen LogP contribution in [0.15, 0.2) is 60.8 Å². The summed E-state index contributed by atoms with van der Waals surface area (Å²) in [6.45, 7) is 0.669. The van der Waals surface area contributed by atoms with Gasteiger partial charge >= 0.3 is 5.97 Å². The Morgan fingerprint density at radius 3 is 2.58 bits per heavy atom. The molecule has 0 fully saturated rings. The number of ether oxygens (including phenoxy) is 1. The van der Waals surface area contributed by atoms with Crippen LogP contribution in [0.1, 0.15) is 34.8 Å². The molecule has 134 valence electrons. The Labute approximate surface area is 152 Å². The number of aromatic nitrogens is 1. The molecule has 0 saturated carbocycles. The minimum Gasteiger partial charge on any atom is -0.469 e. The maximum atomic E-state index is 13.3. The topological polar surface area (TPSA) is 75.8 Å². The number of fused-ring (bicyclic) bond motifs is 1. The van der Waals surface area contributed by atoms with Crippen LogP contribution in [0.25, 0.3) is 10.9 Å². The van der Waals surface area contributed by atoms with Crippen molar-refractivity contribution in [2.75, 3.05) is 13.7 Å². The van der Waals surface area contributed by atoms with E-state index in [1.165, 1.54) is 7.11 Å². The van der Waals surface area contributed by atoms with Crippen LogP contribution in [-0.2, 0) is 9.53 Å². The van der Waals surface area contributed by atoms with Crippen molar-refractivity contribution in [3.8, 4) is 0 Å². The summed E-state index contributed by atoms with van der Waals surface area (Å²) in [5.74, 6) is -0.163. The first-order valence-electron chi connectivity index (χ1n) is 8.76. The zero-order chi connectivity index (χ0) is 18.4. The van der Waals surface area contributed by atoms with Gasteiger partial charge in [-0.25, -0.2) is 0 Å². The Kier molecular flexibility index (Phi) is 5.81. The fourth-order valence-electron chi connectivity index (χ4n) is 3.13. The van der Waals surface area contributed by atoms with Crippen LogP contribution in [0.4, 0.5) is 0 Å². The van der Waals surface area contributed by atoms with Gasteiger partial charge in [-0.15, -0.1) is 0 Å². The number of Topliss-reactive ketones (excluding diaryl/α,β-unsaturated/α-hetero) is 1. The SMILES string of the molecule is COC(=O)CCC[NH2+][C@H](C(=O)c1c[nH]c2ccccc12)c1ccccc1. The van der Waals surface area contributed by atoms with Crippen LogP contribution in [0, 0.1) is 0 Å². The van der Waals surface area contributed by atoms with Crippen molar-refractivity contribution >= 4 is 22.7 Å². The number of ketones is 1. The molecule has 1 aromatic heterocycles. The van der Waals surface area contributed by atoms with Crippen molar-refractivity contribution in [2.45, 2.75) is 18.9 Å². The highest BCUT2D eigenvalue weighted by atomic mass is 16.5. The quantitative estimate of drug-likeness (QED) is 0.372. The first-order valence-corrected chi connectivity index (χ1v) is 8.76. The monoisotopic (exact) mass is 351 g/mol. The second kappa shape index (κ2) is 8.45. The summed E-state index contributed by atoms with van der Waals surface area (Å²) >= 11 is 0. The number of hydrogen-bond acceptors (Lipinski definition) is 3. The number of nitrogens with one attached hydrogen (secondary N) is 1. The van der Waals surface area contributed by atoms with E-state index in [9.17, 15) is 9.59 Å². The van der Waals surface area contributed by atoms with E-state index in [-0.39, 0.29) is 17.8 Å². The lowest BCUT2D eigenvalue weighted by Crippen LogP contribution is -2.87. The molecular formula is C21H23N2O3+. The van der Waals surface area contributed by atoms with Gasteiger partial charge < -0.3 is 15.0 Å². The van der Waals surface area contributed by atoms with Gasteiger partial charge in [-0.3, -0.25) is 9.59 Å². The molecule has 1 atom stereocenters. The van der Waals surface area contributed by atoms with Crippen LogP contribution in [0.5, 0.6) is 0 Å². The van der Waals surface area contributed by atoms with E-state index in [0.717, 1.165) is 16.5 Å². The van der Waals surface area contributed by atoms with Crippen LogP contribution >= 0.6 is 0 Å². The normalized spacial score (nSPS) is 12.0. The second-order valence-corrected chi connectivity index (χ2v) is 6.20. The Bertz CT molecular complexity index is 886. The molecule has 3 rings (SSSR count). The molecule has 0 radical (unpaired) electrons. The molecule has 0 aliphatic carbocycles. The molecule has 0 spiro atoms. The van der Waals surface area contributed by atoms with Gasteiger partial charge in [-0.2, -0.15) is 0 Å². The number of para-hydroxylation sites is 1. The van der Waals surface area contributed by atoms with E-state index in [0.29, 0.717) is 24.9 Å². The lowest BCUT2D eigenvalue weighted by molar-refractivity contribution is -0.681. The Morgan fingerprint density at radius 2 is 1.81 bits per heavy atom. The number of benzene rings is 2. The number of H-pyrrole nitrogens is 1. The molecule has 3 aromatic rings. The van der Waals surface area contributed by atoms with Gasteiger partial charge in [0, 0.05) is 34.6 Å². The summed E-state index contributed by atoms with van der Waals surface area (Å²) in [4.78, 5) is 27.7. The first-order chi connectivity index (χ1) is 12.7. The highest BCUT2D eigenvalue weighted by Gasteiger charge is 2.27. The first kappa shape index (κ1) is 17.9. The summed E-state index contributed by atoms with van der Waals surface area (Å²) < 4.78 is 4.67.